The average Bonchev–Trinajstić information content (AvgIpc) is 2.85. The van der Waals surface area contributed by atoms with Crippen LogP contribution < -0.4 is 0 Å². The van der Waals surface area contributed by atoms with Crippen LogP contribution in [-0.2, 0) is 27.6 Å². The van der Waals surface area contributed by atoms with Crippen LogP contribution in [0.2, 0.25) is 0 Å². The van der Waals surface area contributed by atoms with Crippen molar-refractivity contribution < 1.29 is 21.1 Å². The van der Waals surface area contributed by atoms with Crippen LogP contribution in [0.5, 0.6) is 0 Å². The Kier molecular flexibility index (Phi) is 10.1. The van der Waals surface area contributed by atoms with E-state index in [-0.39, 0.29) is 28.5 Å². The van der Waals surface area contributed by atoms with Gasteiger partial charge in [0.25, 0.3) is 0 Å². The first-order valence-electron chi connectivity index (χ1n) is 5.66. The zero-order valence-corrected chi connectivity index (χ0v) is 21.3. The molecule has 0 aliphatic carbocycles. The molecule has 1 N–H and O–H groups in total. The molecule has 0 bridgehead atoms. The number of benzene rings is 1. The molecule has 2 aromatic rings. The van der Waals surface area contributed by atoms with Crippen molar-refractivity contribution in [2.45, 2.75) is 6.54 Å². The second-order valence-corrected chi connectivity index (χ2v) is 3.82. The number of H-pyrrole nitrogens is 1. The normalized spacial score (nSPS) is 9.35. The van der Waals surface area contributed by atoms with Crippen molar-refractivity contribution in [3.63, 3.8) is 0 Å². The Morgan fingerprint density at radius 1 is 1.15 bits per heavy atom. The summed E-state index contributed by atoms with van der Waals surface area (Å²) >= 11 is 0. The van der Waals surface area contributed by atoms with Gasteiger partial charge >= 0.3 is 0 Å². The third-order valence-electron chi connectivity index (χ3n) is 2.63. The molecule has 5 heteroatoms. The number of hydrogen-bond acceptors (Lipinski definition) is 2. The molecule has 0 unspecified atom stereocenters. The second kappa shape index (κ2) is 9.94. The van der Waals surface area contributed by atoms with E-state index in [2.05, 4.69) is 34.9 Å². The van der Waals surface area contributed by atoms with Crippen LogP contribution in [0.1, 0.15) is 5.69 Å². The maximum absolute atomic E-state index is 4.26. The van der Waals surface area contributed by atoms with E-state index in [0.29, 0.717) is 0 Å². The molecule has 0 aliphatic heterocycles. The third kappa shape index (κ3) is 4.99. The smallest absolute Gasteiger partial charge is 0.0152 e. The van der Waals surface area contributed by atoms with Crippen molar-refractivity contribution in [3.8, 4) is 11.4 Å². The quantitative estimate of drug-likeness (QED) is 0.490. The molecule has 0 saturated carbocycles. The summed E-state index contributed by atoms with van der Waals surface area (Å²) in [5, 5.41) is 0. The monoisotopic (exact) mass is 692 g/mol. The van der Waals surface area contributed by atoms with E-state index in [1.807, 2.05) is 30.3 Å². The van der Waals surface area contributed by atoms with Gasteiger partial charge < -0.3 is 36.1 Å². The summed E-state index contributed by atoms with van der Waals surface area (Å²) in [5.41, 5.74) is 2.04. The van der Waals surface area contributed by atoms with Crippen molar-refractivity contribution in [1.29, 1.82) is 0 Å². The Morgan fingerprint density at radius 2 is 1.75 bits per heavy atom. The summed E-state index contributed by atoms with van der Waals surface area (Å²) in [6.45, 7) is 9.93. The number of hydrogen-bond donors (Lipinski definition) is 1. The molecule has 0 fully saturated rings. The van der Waals surface area contributed by atoms with Crippen molar-refractivity contribution in [2.75, 3.05) is 13.1 Å². The van der Waals surface area contributed by atoms with Gasteiger partial charge in [-0.25, -0.2) is 0 Å². The molecule has 1 aromatic carbocycles. The number of rotatable bonds is 5. The third-order valence-corrected chi connectivity index (χ3v) is 2.63. The first-order valence-corrected chi connectivity index (χ1v) is 5.66. The molecule has 0 saturated heterocycles. The van der Waals surface area contributed by atoms with Crippen LogP contribution >= 0.6 is 0 Å². The minimum Gasteiger partial charge on any atom is -0.435 e. The molecule has 0 amide bonds. The summed E-state index contributed by atoms with van der Waals surface area (Å²) in [7, 11) is 0. The average molecular weight is 692 g/mol. The fourth-order valence-electron chi connectivity index (χ4n) is 1.62. The number of aromatic amines is 1. The minimum absolute atomic E-state index is 0. The largest absolute Gasteiger partial charge is 0.435 e. The van der Waals surface area contributed by atoms with Gasteiger partial charge in [-0.1, -0.05) is 41.6 Å². The fraction of sp³-hybridized carbons (Fsp3) is 0.200. The van der Waals surface area contributed by atoms with Crippen LogP contribution in [0, 0.1) is 27.5 Å². The Labute approximate surface area is 130 Å². The van der Waals surface area contributed by atoms with Crippen LogP contribution in [0.15, 0.2) is 30.3 Å². The fourth-order valence-corrected chi connectivity index (χ4v) is 1.62. The van der Waals surface area contributed by atoms with E-state index >= 15 is 0 Å². The van der Waals surface area contributed by atoms with Crippen LogP contribution in [0.25, 0.3) is 11.4 Å². The van der Waals surface area contributed by atoms with E-state index in [4.69, 9.17) is 0 Å². The summed E-state index contributed by atoms with van der Waals surface area (Å²) in [6.07, 6.45) is 3.00. The number of nitrogens with one attached hydrogen (secondary N) is 1. The molecule has 20 heavy (non-hydrogen) atoms. The maximum atomic E-state index is 4.26. The van der Waals surface area contributed by atoms with Crippen LogP contribution in [-0.4, -0.2) is 28.0 Å². The SMILES string of the molecule is [CH2-]CN(C[CH2-])Cc1[c-]nc(-c2ccccc2)[nH]1.[CH3-].[Rf].[W]. The predicted octanol–water partition coefficient (Wildman–Crippen LogP) is 2.79. The summed E-state index contributed by atoms with van der Waals surface area (Å²) in [4.78, 5) is 9.63. The van der Waals surface area contributed by atoms with Crippen LogP contribution in [0.3, 0.4) is 0 Å². The van der Waals surface area contributed by atoms with Gasteiger partial charge in [-0.3, -0.25) is 0 Å². The predicted molar refractivity (Wildman–Crippen MR) is 75.3 cm³/mol. The van der Waals surface area contributed by atoms with Gasteiger partial charge in [0, 0.05) is 27.6 Å². The molecule has 0 aliphatic rings. The van der Waals surface area contributed by atoms with Crippen molar-refractivity contribution in [2.24, 2.45) is 0 Å². The number of nitrogens with zero attached hydrogens (tertiary/aromatic N) is 2. The molecule has 3 nitrogen and oxygen atoms in total. The van der Waals surface area contributed by atoms with E-state index in [1.54, 1.807) is 0 Å². The molecule has 0 spiro atoms. The molecule has 106 valence electrons. The molecule has 0 radical (unpaired) electrons. The standard InChI is InChI=1S/C14H16N3.CH3.Rf.W/c1-3-17(4-2)11-13-10-15-14(16-13)12-8-6-5-7-9-12;;;/h5-9H,1-4,11H2,(H,15,16);1H3;;/q-3;-1;;. The van der Waals surface area contributed by atoms with Gasteiger partial charge in [0.05, 0.1) is 0 Å². The summed E-state index contributed by atoms with van der Waals surface area (Å²) in [5.74, 6) is 0.855. The number of aromatic nitrogens is 2. The molecule has 1 heterocycles. The Hall–Kier alpha value is -1.92. The summed E-state index contributed by atoms with van der Waals surface area (Å²) in [6, 6.07) is 10.0. The second-order valence-electron chi connectivity index (χ2n) is 3.82. The van der Waals surface area contributed by atoms with E-state index < -0.39 is 0 Å². The topological polar surface area (TPSA) is 31.9 Å². The van der Waals surface area contributed by atoms with Gasteiger partial charge in [0.15, 0.2) is 0 Å². The molecule has 2 rings (SSSR count). The molecular formula is C15H19N3RfW-4. The minimum atomic E-state index is 0. The first-order chi connectivity index (χ1) is 8.33. The van der Waals surface area contributed by atoms with E-state index in [9.17, 15) is 0 Å². The molecule has 0 atom stereocenters. The zero-order chi connectivity index (χ0) is 12.1. The zero-order valence-electron chi connectivity index (χ0n) is 11.9. The Balaban J connectivity index is 0. The van der Waals surface area contributed by atoms with Gasteiger partial charge in [0.2, 0.25) is 0 Å². The number of imidazole rings is 1. The van der Waals surface area contributed by atoms with E-state index in [0.717, 1.165) is 36.7 Å². The van der Waals surface area contributed by atoms with Crippen molar-refractivity contribution in [3.05, 3.63) is 63.5 Å². The maximum Gasteiger partial charge on any atom is 0.0152 e. The van der Waals surface area contributed by atoms with E-state index in [1.165, 1.54) is 0 Å². The van der Waals surface area contributed by atoms with Crippen LogP contribution in [0.4, 0.5) is 0 Å². The van der Waals surface area contributed by atoms with Gasteiger partial charge in [-0.05, 0) is 5.82 Å². The van der Waals surface area contributed by atoms with Crippen molar-refractivity contribution >= 4 is 0 Å². The Morgan fingerprint density at radius 3 is 2.30 bits per heavy atom. The first kappa shape index (κ1) is 20.4. The van der Waals surface area contributed by atoms with Gasteiger partial charge in [-0.15, -0.1) is 19.3 Å². The van der Waals surface area contributed by atoms with Crippen molar-refractivity contribution in [1.82, 2.24) is 14.9 Å². The van der Waals surface area contributed by atoms with Gasteiger partial charge in [-0.2, -0.15) is 0 Å². The molecule has 1 aromatic heterocycles. The van der Waals surface area contributed by atoms with Gasteiger partial charge in [0.1, 0.15) is 0 Å². The Bertz CT molecular complexity index is 455. The molecular weight excluding hydrogens is 673 g/mol. The summed E-state index contributed by atoms with van der Waals surface area (Å²) < 4.78 is 0.